The number of rotatable bonds is 9. The molecule has 26 heavy (non-hydrogen) atoms. The van der Waals surface area contributed by atoms with Gasteiger partial charge in [-0.3, -0.25) is 4.79 Å². The number of hydrogen-bond acceptors (Lipinski definition) is 4. The minimum atomic E-state index is 0.239. The van der Waals surface area contributed by atoms with Crippen molar-refractivity contribution in [3.8, 4) is 5.75 Å². The van der Waals surface area contributed by atoms with E-state index in [1.54, 1.807) is 6.20 Å². The Morgan fingerprint density at radius 1 is 1.15 bits per heavy atom. The minimum absolute atomic E-state index is 0.239. The summed E-state index contributed by atoms with van der Waals surface area (Å²) in [6, 6.07) is 13.3. The summed E-state index contributed by atoms with van der Waals surface area (Å²) in [6.07, 6.45) is 8.45. The van der Waals surface area contributed by atoms with E-state index < -0.39 is 0 Å². The number of hydrogen-bond donors (Lipinski definition) is 1. The number of anilines is 1. The van der Waals surface area contributed by atoms with E-state index in [4.69, 9.17) is 4.74 Å². The van der Waals surface area contributed by atoms with Gasteiger partial charge in [-0.2, -0.15) is 0 Å². The molecule has 1 N–H and O–H groups in total. The molecule has 0 amide bonds. The van der Waals surface area contributed by atoms with Crippen LogP contribution in [0.1, 0.15) is 55.8 Å². The van der Waals surface area contributed by atoms with Crippen molar-refractivity contribution in [3.05, 3.63) is 54.2 Å². The summed E-state index contributed by atoms with van der Waals surface area (Å²) in [5, 5.41) is 3.21. The van der Waals surface area contributed by atoms with Crippen LogP contribution in [0, 0.1) is 5.41 Å². The second kappa shape index (κ2) is 8.84. The number of benzene rings is 1. The molecule has 1 aliphatic carbocycles. The first-order valence-electron chi connectivity index (χ1n) is 9.62. The lowest BCUT2D eigenvalue weighted by Crippen LogP contribution is -2.20. The fourth-order valence-corrected chi connectivity index (χ4v) is 3.78. The Morgan fingerprint density at radius 3 is 2.58 bits per heavy atom. The molecule has 1 aromatic carbocycles. The Hall–Kier alpha value is -2.36. The molecular formula is C22H28N2O2. The Balaban J connectivity index is 1.46. The van der Waals surface area contributed by atoms with Gasteiger partial charge in [0.05, 0.1) is 6.54 Å². The molecule has 0 aliphatic heterocycles. The molecule has 1 saturated carbocycles. The maximum atomic E-state index is 12.6. The van der Waals surface area contributed by atoms with Crippen molar-refractivity contribution in [2.75, 3.05) is 18.5 Å². The van der Waals surface area contributed by atoms with Gasteiger partial charge in [0.15, 0.2) is 5.78 Å². The van der Waals surface area contributed by atoms with Gasteiger partial charge >= 0.3 is 0 Å². The first-order chi connectivity index (χ1) is 12.7. The topological polar surface area (TPSA) is 51.2 Å². The molecule has 0 atom stereocenters. The number of carbonyl (C=O) groups excluding carboxylic acids is 1. The monoisotopic (exact) mass is 352 g/mol. The quantitative estimate of drug-likeness (QED) is 0.503. The van der Waals surface area contributed by atoms with Crippen LogP contribution >= 0.6 is 0 Å². The SMILES string of the molecule is CCC1(CC(=O)c2ccc(OCCNc3ccccn3)cc2)CCCC1. The van der Waals surface area contributed by atoms with Crippen molar-refractivity contribution in [3.63, 3.8) is 0 Å². The molecule has 0 saturated heterocycles. The van der Waals surface area contributed by atoms with Crippen LogP contribution in [0.3, 0.4) is 0 Å². The van der Waals surface area contributed by atoms with Crippen LogP contribution in [-0.2, 0) is 0 Å². The summed E-state index contributed by atoms with van der Waals surface area (Å²) in [4.78, 5) is 16.8. The fourth-order valence-electron chi connectivity index (χ4n) is 3.78. The van der Waals surface area contributed by atoms with E-state index in [0.717, 1.165) is 23.6 Å². The molecule has 4 heteroatoms. The normalized spacial score (nSPS) is 15.6. The molecule has 0 radical (unpaired) electrons. The van der Waals surface area contributed by atoms with Gasteiger partial charge in [0.25, 0.3) is 0 Å². The zero-order chi connectivity index (χ0) is 18.2. The third-order valence-electron chi connectivity index (χ3n) is 5.47. The van der Waals surface area contributed by atoms with Crippen molar-refractivity contribution in [2.45, 2.75) is 45.4 Å². The number of ether oxygens (including phenoxy) is 1. The third kappa shape index (κ3) is 4.84. The van der Waals surface area contributed by atoms with Gasteiger partial charge in [0.1, 0.15) is 18.2 Å². The Morgan fingerprint density at radius 2 is 1.92 bits per heavy atom. The molecule has 0 bridgehead atoms. The highest BCUT2D eigenvalue weighted by atomic mass is 16.5. The highest BCUT2D eigenvalue weighted by Crippen LogP contribution is 2.44. The number of carbonyl (C=O) groups is 1. The largest absolute Gasteiger partial charge is 0.492 e. The average molecular weight is 352 g/mol. The summed E-state index contributed by atoms with van der Waals surface area (Å²) in [7, 11) is 0. The van der Waals surface area contributed by atoms with Crippen LogP contribution in [0.15, 0.2) is 48.7 Å². The van der Waals surface area contributed by atoms with Crippen molar-refractivity contribution < 1.29 is 9.53 Å². The number of ketones is 1. The van der Waals surface area contributed by atoms with E-state index in [9.17, 15) is 4.79 Å². The smallest absolute Gasteiger partial charge is 0.163 e. The highest BCUT2D eigenvalue weighted by Gasteiger charge is 2.34. The Labute approximate surface area is 156 Å². The van der Waals surface area contributed by atoms with Crippen molar-refractivity contribution in [2.24, 2.45) is 5.41 Å². The van der Waals surface area contributed by atoms with E-state index in [-0.39, 0.29) is 11.2 Å². The summed E-state index contributed by atoms with van der Waals surface area (Å²) in [5.74, 6) is 1.89. The Bertz CT molecular complexity index is 692. The molecule has 4 nitrogen and oxygen atoms in total. The van der Waals surface area contributed by atoms with Crippen LogP contribution < -0.4 is 10.1 Å². The molecule has 138 valence electrons. The maximum Gasteiger partial charge on any atom is 0.163 e. The predicted octanol–water partition coefficient (Wildman–Crippen LogP) is 5.12. The van der Waals surface area contributed by atoms with Crippen molar-refractivity contribution in [1.29, 1.82) is 0 Å². The maximum absolute atomic E-state index is 12.6. The van der Waals surface area contributed by atoms with Crippen molar-refractivity contribution >= 4 is 11.6 Å². The van der Waals surface area contributed by atoms with Gasteiger partial charge in [-0.25, -0.2) is 4.98 Å². The van der Waals surface area contributed by atoms with Crippen LogP contribution in [-0.4, -0.2) is 23.9 Å². The van der Waals surface area contributed by atoms with Gasteiger partial charge in [0, 0.05) is 18.2 Å². The average Bonchev–Trinajstić information content (AvgIpc) is 3.15. The third-order valence-corrected chi connectivity index (χ3v) is 5.47. The minimum Gasteiger partial charge on any atom is -0.492 e. The summed E-state index contributed by atoms with van der Waals surface area (Å²) < 4.78 is 5.74. The van der Waals surface area contributed by atoms with Crippen LogP contribution in [0.25, 0.3) is 0 Å². The van der Waals surface area contributed by atoms with Gasteiger partial charge in [-0.1, -0.05) is 32.3 Å². The number of nitrogens with one attached hydrogen (secondary N) is 1. The fraction of sp³-hybridized carbons (Fsp3) is 0.455. The van der Waals surface area contributed by atoms with Gasteiger partial charge in [-0.15, -0.1) is 0 Å². The van der Waals surface area contributed by atoms with E-state index in [0.29, 0.717) is 19.6 Å². The lowest BCUT2D eigenvalue weighted by atomic mass is 9.78. The van der Waals surface area contributed by atoms with Gasteiger partial charge in [-0.05, 0) is 54.7 Å². The zero-order valence-corrected chi connectivity index (χ0v) is 15.5. The molecule has 1 heterocycles. The van der Waals surface area contributed by atoms with E-state index >= 15 is 0 Å². The predicted molar refractivity (Wildman–Crippen MR) is 105 cm³/mol. The number of pyridine rings is 1. The Kier molecular flexibility index (Phi) is 6.26. The molecular weight excluding hydrogens is 324 g/mol. The first kappa shape index (κ1) is 18.4. The number of nitrogens with zero attached hydrogens (tertiary/aromatic N) is 1. The van der Waals surface area contributed by atoms with Gasteiger partial charge < -0.3 is 10.1 Å². The van der Waals surface area contributed by atoms with E-state index in [1.165, 1.54) is 25.7 Å². The number of Topliss-reactive ketones (excluding diaryl/α,β-unsaturated/α-hetero) is 1. The molecule has 1 fully saturated rings. The van der Waals surface area contributed by atoms with E-state index in [2.05, 4.69) is 17.2 Å². The number of aromatic nitrogens is 1. The summed E-state index contributed by atoms with van der Waals surface area (Å²) >= 11 is 0. The lowest BCUT2D eigenvalue weighted by molar-refractivity contribution is 0.0907. The zero-order valence-electron chi connectivity index (χ0n) is 15.5. The molecule has 2 aromatic rings. The van der Waals surface area contributed by atoms with Crippen LogP contribution in [0.5, 0.6) is 5.75 Å². The van der Waals surface area contributed by atoms with Crippen LogP contribution in [0.4, 0.5) is 5.82 Å². The molecule has 0 spiro atoms. The summed E-state index contributed by atoms with van der Waals surface area (Å²) in [5.41, 5.74) is 1.03. The molecule has 0 unspecified atom stereocenters. The molecule has 1 aromatic heterocycles. The highest BCUT2D eigenvalue weighted by molar-refractivity contribution is 5.96. The van der Waals surface area contributed by atoms with Crippen LogP contribution in [0.2, 0.25) is 0 Å². The van der Waals surface area contributed by atoms with Crippen molar-refractivity contribution in [1.82, 2.24) is 4.98 Å². The lowest BCUT2D eigenvalue weighted by Gasteiger charge is -2.26. The van der Waals surface area contributed by atoms with E-state index in [1.807, 2.05) is 42.5 Å². The summed E-state index contributed by atoms with van der Waals surface area (Å²) in [6.45, 7) is 3.44. The first-order valence-corrected chi connectivity index (χ1v) is 9.62. The standard InChI is InChI=1S/C22H28N2O2/c1-2-22(12-4-5-13-22)17-20(25)18-8-10-19(11-9-18)26-16-15-24-21-7-3-6-14-23-21/h3,6-11,14H,2,4-5,12-13,15-17H2,1H3,(H,23,24). The molecule has 1 aliphatic rings. The second-order valence-corrected chi connectivity index (χ2v) is 7.18. The second-order valence-electron chi connectivity index (χ2n) is 7.18. The van der Waals surface area contributed by atoms with Gasteiger partial charge in [0.2, 0.25) is 0 Å². The molecule has 3 rings (SSSR count).